The van der Waals surface area contributed by atoms with E-state index in [4.69, 9.17) is 9.72 Å². The fourth-order valence-corrected chi connectivity index (χ4v) is 3.55. The largest absolute Gasteiger partial charge is 0.494 e. The van der Waals surface area contributed by atoms with Crippen molar-refractivity contribution in [3.05, 3.63) is 60.4 Å². The molecule has 0 unspecified atom stereocenters. The average molecular weight is 422 g/mol. The Bertz CT molecular complexity index is 958. The number of aromatic nitrogens is 2. The van der Waals surface area contributed by atoms with E-state index < -0.39 is 0 Å². The fraction of sp³-hybridized carbons (Fsp3) is 0.462. The Labute approximate surface area is 185 Å². The molecular weight excluding hydrogens is 386 g/mol. The topological polar surface area (TPSA) is 56.2 Å². The molecule has 1 amide bonds. The smallest absolute Gasteiger partial charge is 0.225 e. The highest BCUT2D eigenvalue weighted by atomic mass is 16.5. The van der Waals surface area contributed by atoms with Gasteiger partial charge in [-0.2, -0.15) is 0 Å². The maximum Gasteiger partial charge on any atom is 0.225 e. The number of nitrogens with zero attached hydrogens (tertiary/aromatic N) is 2. The number of aryl methyl sites for hydroxylation is 2. The van der Waals surface area contributed by atoms with Gasteiger partial charge in [0.2, 0.25) is 5.91 Å². The summed E-state index contributed by atoms with van der Waals surface area (Å²) in [5.74, 6) is 2.17. The first-order valence-electron chi connectivity index (χ1n) is 11.4. The van der Waals surface area contributed by atoms with Crippen LogP contribution in [0.1, 0.15) is 52.3 Å². The monoisotopic (exact) mass is 421 g/mol. The minimum atomic E-state index is -0.324. The van der Waals surface area contributed by atoms with E-state index in [0.717, 1.165) is 62.3 Å². The lowest BCUT2D eigenvalue weighted by Gasteiger charge is -2.17. The van der Waals surface area contributed by atoms with E-state index >= 15 is 0 Å². The Morgan fingerprint density at radius 2 is 1.71 bits per heavy atom. The van der Waals surface area contributed by atoms with Gasteiger partial charge in [0, 0.05) is 24.9 Å². The van der Waals surface area contributed by atoms with Crippen LogP contribution in [0.25, 0.3) is 11.0 Å². The molecule has 0 saturated carbocycles. The van der Waals surface area contributed by atoms with Gasteiger partial charge in [-0.15, -0.1) is 0 Å². The molecule has 2 aromatic carbocycles. The summed E-state index contributed by atoms with van der Waals surface area (Å²) >= 11 is 0. The molecular formula is C26H35N3O2. The van der Waals surface area contributed by atoms with Crippen LogP contribution in [0.2, 0.25) is 0 Å². The van der Waals surface area contributed by atoms with Gasteiger partial charge in [0.1, 0.15) is 11.6 Å². The van der Waals surface area contributed by atoms with Crippen molar-refractivity contribution in [3.63, 3.8) is 0 Å². The van der Waals surface area contributed by atoms with Crippen molar-refractivity contribution in [3.8, 4) is 5.75 Å². The number of benzene rings is 2. The third-order valence-electron chi connectivity index (χ3n) is 5.32. The SMILES string of the molecule is CC(C)(C)C(=O)NCCCCCc1nc2ccccc2n1CCCOc1ccccc1. The second-order valence-electron chi connectivity index (χ2n) is 9.00. The van der Waals surface area contributed by atoms with Gasteiger partial charge in [-0.25, -0.2) is 4.98 Å². The van der Waals surface area contributed by atoms with E-state index in [0.29, 0.717) is 6.61 Å². The van der Waals surface area contributed by atoms with Gasteiger partial charge in [-0.3, -0.25) is 4.79 Å². The van der Waals surface area contributed by atoms with Gasteiger partial charge in [0.05, 0.1) is 17.6 Å². The van der Waals surface area contributed by atoms with Crippen LogP contribution in [-0.4, -0.2) is 28.6 Å². The number of rotatable bonds is 11. The number of carbonyl (C=O) groups is 1. The zero-order valence-electron chi connectivity index (χ0n) is 19.1. The van der Waals surface area contributed by atoms with Gasteiger partial charge >= 0.3 is 0 Å². The maximum atomic E-state index is 11.9. The number of ether oxygens (including phenoxy) is 1. The molecule has 0 spiro atoms. The number of para-hydroxylation sites is 3. The number of hydrogen-bond donors (Lipinski definition) is 1. The molecule has 0 radical (unpaired) electrons. The Morgan fingerprint density at radius 3 is 2.48 bits per heavy atom. The van der Waals surface area contributed by atoms with Gasteiger partial charge < -0.3 is 14.6 Å². The van der Waals surface area contributed by atoms with Gasteiger partial charge in [-0.1, -0.05) is 57.5 Å². The van der Waals surface area contributed by atoms with E-state index in [1.54, 1.807) is 0 Å². The summed E-state index contributed by atoms with van der Waals surface area (Å²) in [5.41, 5.74) is 1.92. The number of carbonyl (C=O) groups excluding carboxylic acids is 1. The van der Waals surface area contributed by atoms with E-state index in [9.17, 15) is 4.79 Å². The van der Waals surface area contributed by atoms with Crippen LogP contribution in [0, 0.1) is 5.41 Å². The van der Waals surface area contributed by atoms with E-state index in [1.165, 1.54) is 5.52 Å². The molecule has 0 fully saturated rings. The van der Waals surface area contributed by atoms with Crippen LogP contribution in [-0.2, 0) is 17.8 Å². The standard InChI is InChI=1S/C26H35N3O2/c1-26(2,3)25(30)27-18-11-5-8-17-24-28-22-15-9-10-16-23(22)29(24)19-12-20-31-21-13-6-4-7-14-21/h4,6-7,9-10,13-16H,5,8,11-12,17-20H2,1-3H3,(H,27,30). The van der Waals surface area contributed by atoms with Crippen LogP contribution >= 0.6 is 0 Å². The number of imidazole rings is 1. The minimum absolute atomic E-state index is 0.118. The molecule has 1 heterocycles. The molecule has 166 valence electrons. The summed E-state index contributed by atoms with van der Waals surface area (Å²) in [4.78, 5) is 16.8. The first-order valence-corrected chi connectivity index (χ1v) is 11.4. The van der Waals surface area contributed by atoms with Crippen molar-refractivity contribution in [2.24, 2.45) is 5.41 Å². The van der Waals surface area contributed by atoms with Crippen LogP contribution in [0.3, 0.4) is 0 Å². The number of amides is 1. The van der Waals surface area contributed by atoms with E-state index in [-0.39, 0.29) is 11.3 Å². The molecule has 3 aromatic rings. The highest BCUT2D eigenvalue weighted by Crippen LogP contribution is 2.19. The highest BCUT2D eigenvalue weighted by Gasteiger charge is 2.20. The maximum absolute atomic E-state index is 11.9. The van der Waals surface area contributed by atoms with Crippen molar-refractivity contribution in [1.82, 2.24) is 14.9 Å². The van der Waals surface area contributed by atoms with E-state index in [2.05, 4.69) is 28.1 Å². The first kappa shape index (κ1) is 22.9. The molecule has 3 rings (SSSR count). The average Bonchev–Trinajstić information content (AvgIpc) is 3.11. The third-order valence-corrected chi connectivity index (χ3v) is 5.32. The molecule has 5 heteroatoms. The lowest BCUT2D eigenvalue weighted by Crippen LogP contribution is -2.35. The van der Waals surface area contributed by atoms with Crippen molar-refractivity contribution >= 4 is 16.9 Å². The predicted molar refractivity (Wildman–Crippen MR) is 126 cm³/mol. The quantitative estimate of drug-likeness (QED) is 0.423. The summed E-state index contributed by atoms with van der Waals surface area (Å²) in [6, 6.07) is 18.3. The normalized spacial score (nSPS) is 11.6. The molecule has 0 bridgehead atoms. The summed E-state index contributed by atoms with van der Waals surface area (Å²) in [5, 5.41) is 3.03. The van der Waals surface area contributed by atoms with Crippen molar-refractivity contribution in [2.45, 2.75) is 59.4 Å². The van der Waals surface area contributed by atoms with Crippen LogP contribution in [0.15, 0.2) is 54.6 Å². The Balaban J connectivity index is 1.49. The van der Waals surface area contributed by atoms with Crippen molar-refractivity contribution < 1.29 is 9.53 Å². The van der Waals surface area contributed by atoms with E-state index in [1.807, 2.05) is 57.2 Å². The molecule has 0 aliphatic heterocycles. The fourth-order valence-electron chi connectivity index (χ4n) is 3.55. The predicted octanol–water partition coefficient (Wildman–Crippen LogP) is 5.38. The van der Waals surface area contributed by atoms with Gasteiger partial charge in [0.25, 0.3) is 0 Å². The molecule has 1 aromatic heterocycles. The van der Waals surface area contributed by atoms with Crippen LogP contribution < -0.4 is 10.1 Å². The lowest BCUT2D eigenvalue weighted by molar-refractivity contribution is -0.128. The number of hydrogen-bond acceptors (Lipinski definition) is 3. The summed E-state index contributed by atoms with van der Waals surface area (Å²) < 4.78 is 8.19. The zero-order valence-corrected chi connectivity index (χ0v) is 19.1. The second-order valence-corrected chi connectivity index (χ2v) is 9.00. The highest BCUT2D eigenvalue weighted by molar-refractivity contribution is 5.81. The third kappa shape index (κ3) is 6.84. The molecule has 1 N–H and O–H groups in total. The Kier molecular flexibility index (Phi) is 8.10. The Morgan fingerprint density at radius 1 is 0.968 bits per heavy atom. The van der Waals surface area contributed by atoms with Gasteiger partial charge in [-0.05, 0) is 43.5 Å². The molecule has 5 nitrogen and oxygen atoms in total. The van der Waals surface area contributed by atoms with Gasteiger partial charge in [0.15, 0.2) is 0 Å². The summed E-state index contributed by atoms with van der Waals surface area (Å²) in [6.45, 7) is 8.14. The Hall–Kier alpha value is -2.82. The number of unbranched alkanes of at least 4 members (excludes halogenated alkanes) is 2. The minimum Gasteiger partial charge on any atom is -0.494 e. The first-order chi connectivity index (χ1) is 14.9. The van der Waals surface area contributed by atoms with Crippen molar-refractivity contribution in [2.75, 3.05) is 13.2 Å². The molecule has 0 aliphatic carbocycles. The summed E-state index contributed by atoms with van der Waals surface area (Å²) in [6.07, 6.45) is 5.01. The number of nitrogens with one attached hydrogen (secondary N) is 1. The summed E-state index contributed by atoms with van der Waals surface area (Å²) in [7, 11) is 0. The zero-order chi connectivity index (χ0) is 22.1. The molecule has 0 atom stereocenters. The number of fused-ring (bicyclic) bond motifs is 1. The van der Waals surface area contributed by atoms with Crippen LogP contribution in [0.4, 0.5) is 0 Å². The van der Waals surface area contributed by atoms with Crippen LogP contribution in [0.5, 0.6) is 5.75 Å². The molecule has 31 heavy (non-hydrogen) atoms. The molecule has 0 aliphatic rings. The second kappa shape index (κ2) is 11.0. The van der Waals surface area contributed by atoms with Crippen molar-refractivity contribution in [1.29, 1.82) is 0 Å². The molecule has 0 saturated heterocycles. The lowest BCUT2D eigenvalue weighted by atomic mass is 9.96.